The number of nitriles is 1. The average molecular weight is 458 g/mol. The summed E-state index contributed by atoms with van der Waals surface area (Å²) in [5.74, 6) is -0.799. The van der Waals surface area contributed by atoms with E-state index in [2.05, 4.69) is 5.32 Å². The molecular formula is C22H17F3N4O2S. The van der Waals surface area contributed by atoms with Crippen molar-refractivity contribution >= 4 is 29.4 Å². The highest BCUT2D eigenvalue weighted by Crippen LogP contribution is 2.36. The summed E-state index contributed by atoms with van der Waals surface area (Å²) in [6.45, 7) is 1.66. The summed E-state index contributed by atoms with van der Waals surface area (Å²) in [6, 6.07) is 15.8. The van der Waals surface area contributed by atoms with Gasteiger partial charge in [0.15, 0.2) is 0 Å². The van der Waals surface area contributed by atoms with Crippen molar-refractivity contribution in [3.63, 3.8) is 0 Å². The van der Waals surface area contributed by atoms with Crippen LogP contribution in [0.25, 0.3) is 11.8 Å². The number of aromatic nitrogens is 2. The number of rotatable bonds is 5. The largest absolute Gasteiger partial charge is 0.446 e. The van der Waals surface area contributed by atoms with E-state index in [9.17, 15) is 28.0 Å². The van der Waals surface area contributed by atoms with E-state index in [-0.39, 0.29) is 27.9 Å². The van der Waals surface area contributed by atoms with E-state index in [1.54, 1.807) is 49.0 Å². The van der Waals surface area contributed by atoms with Crippen LogP contribution in [0.3, 0.4) is 0 Å². The highest BCUT2D eigenvalue weighted by molar-refractivity contribution is 8.00. The standard InChI is InChI=1S/C22H17F3N4O2S/c1-14-19(21(31)29(28(14)2)17-6-4-3-5-7-17)27-20(30)16(13-26)12-15-8-10-18(11-9-15)32-22(23,24)25/h3-12H,1-2H3,(H,27,30)/b16-12+. The van der Waals surface area contributed by atoms with Gasteiger partial charge in [0.05, 0.1) is 11.4 Å². The molecule has 1 aromatic heterocycles. The molecule has 3 aromatic rings. The molecule has 0 aliphatic carbocycles. The molecule has 0 bridgehead atoms. The fourth-order valence-corrected chi connectivity index (χ4v) is 3.51. The lowest BCUT2D eigenvalue weighted by molar-refractivity contribution is -0.112. The number of nitrogens with one attached hydrogen (secondary N) is 1. The van der Waals surface area contributed by atoms with Crippen LogP contribution < -0.4 is 10.9 Å². The summed E-state index contributed by atoms with van der Waals surface area (Å²) in [5.41, 5.74) is -3.68. The molecule has 0 aliphatic rings. The van der Waals surface area contributed by atoms with Gasteiger partial charge < -0.3 is 5.32 Å². The van der Waals surface area contributed by atoms with Crippen LogP contribution in [0.15, 0.2) is 69.9 Å². The topological polar surface area (TPSA) is 79.8 Å². The van der Waals surface area contributed by atoms with Crippen molar-refractivity contribution in [2.45, 2.75) is 17.3 Å². The molecular weight excluding hydrogens is 441 g/mol. The first kappa shape index (κ1) is 23.0. The molecule has 0 aliphatic heterocycles. The van der Waals surface area contributed by atoms with Gasteiger partial charge in [-0.1, -0.05) is 30.3 Å². The Kier molecular flexibility index (Phi) is 6.60. The maximum absolute atomic E-state index is 12.9. The van der Waals surface area contributed by atoms with Gasteiger partial charge >= 0.3 is 5.51 Å². The summed E-state index contributed by atoms with van der Waals surface area (Å²) in [6.07, 6.45) is 1.24. The van der Waals surface area contributed by atoms with E-state index in [0.717, 1.165) is 0 Å². The number of carbonyl (C=O) groups is 1. The van der Waals surface area contributed by atoms with E-state index >= 15 is 0 Å². The quantitative estimate of drug-likeness (QED) is 0.343. The van der Waals surface area contributed by atoms with Crippen molar-refractivity contribution in [2.24, 2.45) is 7.05 Å². The summed E-state index contributed by atoms with van der Waals surface area (Å²) >= 11 is -0.257. The third-order valence-electron chi connectivity index (χ3n) is 4.58. The molecule has 164 valence electrons. The van der Waals surface area contributed by atoms with Crippen molar-refractivity contribution < 1.29 is 18.0 Å². The molecule has 0 spiro atoms. The van der Waals surface area contributed by atoms with Crippen LogP contribution in [0.5, 0.6) is 0 Å². The Morgan fingerprint density at radius 2 is 1.75 bits per heavy atom. The van der Waals surface area contributed by atoms with E-state index < -0.39 is 17.0 Å². The number of hydrogen-bond acceptors (Lipinski definition) is 4. The highest BCUT2D eigenvalue weighted by Gasteiger charge is 2.29. The normalized spacial score (nSPS) is 11.8. The predicted octanol–water partition coefficient (Wildman–Crippen LogP) is 4.64. The van der Waals surface area contributed by atoms with Gasteiger partial charge in [0.2, 0.25) is 0 Å². The van der Waals surface area contributed by atoms with Gasteiger partial charge in [0.1, 0.15) is 17.3 Å². The fraction of sp³-hybridized carbons (Fsp3) is 0.136. The molecule has 0 atom stereocenters. The molecule has 0 radical (unpaired) electrons. The Balaban J connectivity index is 1.86. The molecule has 0 fully saturated rings. The lowest BCUT2D eigenvalue weighted by Crippen LogP contribution is -2.23. The van der Waals surface area contributed by atoms with Gasteiger partial charge in [-0.3, -0.25) is 14.3 Å². The fourth-order valence-electron chi connectivity index (χ4n) is 2.97. The van der Waals surface area contributed by atoms with Crippen LogP contribution in [0.2, 0.25) is 0 Å². The third kappa shape index (κ3) is 5.12. The minimum Gasteiger partial charge on any atom is -0.315 e. The molecule has 1 N–H and O–H groups in total. The second kappa shape index (κ2) is 9.20. The maximum atomic E-state index is 12.9. The summed E-state index contributed by atoms with van der Waals surface area (Å²) < 4.78 is 40.3. The van der Waals surface area contributed by atoms with Gasteiger partial charge in [-0.2, -0.15) is 18.4 Å². The number of anilines is 1. The highest BCUT2D eigenvalue weighted by atomic mass is 32.2. The molecule has 3 rings (SSSR count). The Bertz CT molecular complexity index is 1270. The number of hydrogen-bond donors (Lipinski definition) is 1. The van der Waals surface area contributed by atoms with Gasteiger partial charge in [-0.05, 0) is 54.6 Å². The lowest BCUT2D eigenvalue weighted by atomic mass is 10.1. The van der Waals surface area contributed by atoms with E-state index in [1.807, 2.05) is 6.07 Å². The molecule has 2 aromatic carbocycles. The summed E-state index contributed by atoms with van der Waals surface area (Å²) in [4.78, 5) is 25.5. The van der Waals surface area contributed by atoms with E-state index in [4.69, 9.17) is 0 Å². The number of benzene rings is 2. The van der Waals surface area contributed by atoms with Crippen molar-refractivity contribution in [3.8, 4) is 11.8 Å². The van der Waals surface area contributed by atoms with Gasteiger partial charge in [0, 0.05) is 11.9 Å². The Morgan fingerprint density at radius 1 is 1.12 bits per heavy atom. The molecule has 6 nitrogen and oxygen atoms in total. The smallest absolute Gasteiger partial charge is 0.315 e. The van der Waals surface area contributed by atoms with Crippen LogP contribution in [-0.4, -0.2) is 20.8 Å². The summed E-state index contributed by atoms with van der Waals surface area (Å²) in [7, 11) is 1.67. The van der Waals surface area contributed by atoms with Crippen LogP contribution in [0, 0.1) is 18.3 Å². The SMILES string of the molecule is Cc1c(NC(=O)/C(C#N)=C/c2ccc(SC(F)(F)F)cc2)c(=O)n(-c2ccccc2)n1C. The van der Waals surface area contributed by atoms with E-state index in [0.29, 0.717) is 16.9 Å². The van der Waals surface area contributed by atoms with Crippen LogP contribution in [-0.2, 0) is 11.8 Å². The van der Waals surface area contributed by atoms with Crippen LogP contribution >= 0.6 is 11.8 Å². The number of amides is 1. The average Bonchev–Trinajstić information content (AvgIpc) is 2.95. The molecule has 32 heavy (non-hydrogen) atoms. The molecule has 1 heterocycles. The zero-order valence-corrected chi connectivity index (χ0v) is 17.8. The van der Waals surface area contributed by atoms with Crippen LogP contribution in [0.4, 0.5) is 18.9 Å². The first-order valence-corrected chi connectivity index (χ1v) is 10.1. The monoisotopic (exact) mass is 458 g/mol. The number of thioether (sulfide) groups is 1. The first-order valence-electron chi connectivity index (χ1n) is 9.23. The maximum Gasteiger partial charge on any atom is 0.446 e. The first-order chi connectivity index (χ1) is 15.1. The lowest BCUT2D eigenvalue weighted by Gasteiger charge is -2.07. The van der Waals surface area contributed by atoms with E-state index in [1.165, 1.54) is 35.0 Å². The third-order valence-corrected chi connectivity index (χ3v) is 5.32. The number of halogens is 3. The number of para-hydroxylation sites is 1. The number of nitrogens with zero attached hydrogens (tertiary/aromatic N) is 3. The second-order valence-corrected chi connectivity index (χ2v) is 7.82. The minimum absolute atomic E-state index is 0.0148. The Morgan fingerprint density at radius 3 is 2.31 bits per heavy atom. The Labute approximate surface area is 185 Å². The molecule has 10 heteroatoms. The zero-order chi connectivity index (χ0) is 23.5. The Hall–Kier alpha value is -3.71. The minimum atomic E-state index is -4.41. The molecule has 1 amide bonds. The van der Waals surface area contributed by atoms with Crippen molar-refractivity contribution in [1.29, 1.82) is 5.26 Å². The second-order valence-electron chi connectivity index (χ2n) is 6.68. The molecule has 0 saturated heterocycles. The molecule has 0 saturated carbocycles. The number of alkyl halides is 3. The van der Waals surface area contributed by atoms with Gasteiger partial charge in [0.25, 0.3) is 11.5 Å². The van der Waals surface area contributed by atoms with Gasteiger partial charge in [-0.25, -0.2) is 4.68 Å². The van der Waals surface area contributed by atoms with Crippen molar-refractivity contribution in [1.82, 2.24) is 9.36 Å². The van der Waals surface area contributed by atoms with Crippen molar-refractivity contribution in [2.75, 3.05) is 5.32 Å². The number of carbonyl (C=O) groups excluding carboxylic acids is 1. The van der Waals surface area contributed by atoms with Crippen LogP contribution in [0.1, 0.15) is 11.3 Å². The predicted molar refractivity (Wildman–Crippen MR) is 116 cm³/mol. The zero-order valence-electron chi connectivity index (χ0n) is 17.0. The van der Waals surface area contributed by atoms with Gasteiger partial charge in [-0.15, -0.1) is 0 Å². The van der Waals surface area contributed by atoms with Crippen molar-refractivity contribution in [3.05, 3.63) is 81.8 Å². The molecule has 0 unspecified atom stereocenters. The summed E-state index contributed by atoms with van der Waals surface area (Å²) in [5, 5.41) is 11.9.